The van der Waals surface area contributed by atoms with Gasteiger partial charge in [-0.05, 0) is 49.7 Å². The molecule has 0 aliphatic heterocycles. The van der Waals surface area contributed by atoms with E-state index in [1.807, 2.05) is 0 Å². The first-order chi connectivity index (χ1) is 13.4. The van der Waals surface area contributed by atoms with Crippen LogP contribution in [0, 0.1) is 11.8 Å². The Balaban J connectivity index is 0.00000300. The maximum atomic E-state index is 13.0. The molecule has 2 aliphatic rings. The van der Waals surface area contributed by atoms with Gasteiger partial charge in [0.25, 0.3) is 11.8 Å². The average Bonchev–Trinajstić information content (AvgIpc) is 2.66. The van der Waals surface area contributed by atoms with Crippen molar-refractivity contribution in [3.63, 3.8) is 0 Å². The maximum absolute atomic E-state index is 13.0. The summed E-state index contributed by atoms with van der Waals surface area (Å²) >= 11 is 0. The summed E-state index contributed by atoms with van der Waals surface area (Å²) in [6.45, 7) is -0.316. The van der Waals surface area contributed by atoms with E-state index in [2.05, 4.69) is 5.32 Å². The fourth-order valence-electron chi connectivity index (χ4n) is 4.56. The third kappa shape index (κ3) is 5.25. The zero-order valence-electron chi connectivity index (χ0n) is 16.8. The van der Waals surface area contributed by atoms with Gasteiger partial charge in [-0.1, -0.05) is 6.42 Å². The van der Waals surface area contributed by atoms with Crippen molar-refractivity contribution >= 4 is 24.2 Å². The van der Waals surface area contributed by atoms with Gasteiger partial charge in [-0.15, -0.1) is 12.4 Å². The largest absolute Gasteiger partial charge is 0.493 e. The number of primary amides is 1. The molecular formula is C20H30ClN3O5. The molecule has 2 amide bonds. The van der Waals surface area contributed by atoms with Gasteiger partial charge in [0.05, 0.1) is 14.2 Å². The van der Waals surface area contributed by atoms with Crippen molar-refractivity contribution in [3.05, 3.63) is 17.7 Å². The smallest absolute Gasteiger partial charge is 0.255 e. The molecule has 0 saturated heterocycles. The highest BCUT2D eigenvalue weighted by Gasteiger charge is 2.40. The first-order valence-corrected chi connectivity index (χ1v) is 9.66. The Hall–Kier alpha value is -2.19. The van der Waals surface area contributed by atoms with Crippen LogP contribution in [-0.4, -0.2) is 44.7 Å². The van der Waals surface area contributed by atoms with Crippen molar-refractivity contribution in [2.75, 3.05) is 20.8 Å². The number of fused-ring (bicyclic) bond motifs is 2. The fourth-order valence-corrected chi connectivity index (χ4v) is 4.56. The Labute approximate surface area is 177 Å². The van der Waals surface area contributed by atoms with Crippen LogP contribution in [0.15, 0.2) is 12.1 Å². The van der Waals surface area contributed by atoms with Gasteiger partial charge in [0.2, 0.25) is 5.75 Å². The molecule has 1 aromatic carbocycles. The van der Waals surface area contributed by atoms with Crippen LogP contribution >= 0.6 is 12.4 Å². The lowest BCUT2D eigenvalue weighted by atomic mass is 9.67. The Morgan fingerprint density at radius 1 is 1.10 bits per heavy atom. The zero-order chi connectivity index (χ0) is 20.3. The van der Waals surface area contributed by atoms with E-state index in [4.69, 9.17) is 25.7 Å². The molecule has 29 heavy (non-hydrogen) atoms. The number of halogens is 1. The van der Waals surface area contributed by atoms with Gasteiger partial charge in [0, 0.05) is 17.6 Å². The predicted octanol–water partition coefficient (Wildman–Crippen LogP) is 1.63. The number of nitrogens with one attached hydrogen (secondary N) is 1. The fraction of sp³-hybridized carbons (Fsp3) is 0.600. The van der Waals surface area contributed by atoms with Crippen molar-refractivity contribution in [3.8, 4) is 17.2 Å². The summed E-state index contributed by atoms with van der Waals surface area (Å²) in [7, 11) is 2.92. The minimum atomic E-state index is -0.618. The highest BCUT2D eigenvalue weighted by molar-refractivity contribution is 5.96. The summed E-state index contributed by atoms with van der Waals surface area (Å²) in [5.74, 6) is 0.888. The highest BCUT2D eigenvalue weighted by atomic mass is 35.5. The van der Waals surface area contributed by atoms with E-state index in [9.17, 15) is 9.59 Å². The Morgan fingerprint density at radius 3 is 2.14 bits per heavy atom. The maximum Gasteiger partial charge on any atom is 0.255 e. The number of rotatable bonds is 7. The van der Waals surface area contributed by atoms with Crippen molar-refractivity contribution in [2.45, 2.75) is 44.2 Å². The minimum absolute atomic E-state index is 0. The number of methoxy groups -OCH3 is 2. The number of nitrogens with two attached hydrogens (primary N) is 2. The number of hydrogen-bond donors (Lipinski definition) is 3. The van der Waals surface area contributed by atoms with Crippen LogP contribution in [-0.2, 0) is 4.79 Å². The van der Waals surface area contributed by atoms with Crippen molar-refractivity contribution < 1.29 is 23.8 Å². The molecule has 0 aromatic heterocycles. The van der Waals surface area contributed by atoms with Crippen molar-refractivity contribution in [2.24, 2.45) is 23.3 Å². The molecule has 0 heterocycles. The lowest BCUT2D eigenvalue weighted by Crippen LogP contribution is -2.53. The van der Waals surface area contributed by atoms with Crippen molar-refractivity contribution in [1.82, 2.24) is 5.32 Å². The number of benzene rings is 1. The standard InChI is InChI=1S/C20H29N3O5.ClH/c1-26-15-8-13(9-16(27-2)19(15)28-10-17(22)24)20(25)23-18-11-4-3-5-12(18)7-14(21)6-11;/h8-9,11-12,14,18H,3-7,10,21H2,1-2H3,(H2,22,24)(H,23,25);1H. The van der Waals surface area contributed by atoms with E-state index in [0.717, 1.165) is 25.7 Å². The molecule has 2 fully saturated rings. The highest BCUT2D eigenvalue weighted by Crippen LogP contribution is 2.41. The molecule has 8 nitrogen and oxygen atoms in total. The number of amides is 2. The summed E-state index contributed by atoms with van der Waals surface area (Å²) in [5, 5.41) is 3.21. The van der Waals surface area contributed by atoms with E-state index in [-0.39, 0.29) is 42.8 Å². The number of carbonyl (C=O) groups excluding carboxylic acids is 2. The average molecular weight is 428 g/mol. The third-order valence-electron chi connectivity index (χ3n) is 5.76. The predicted molar refractivity (Wildman–Crippen MR) is 111 cm³/mol. The van der Waals surface area contributed by atoms with E-state index < -0.39 is 5.91 Å². The van der Waals surface area contributed by atoms with Crippen LogP contribution in [0.25, 0.3) is 0 Å². The molecule has 9 heteroatoms. The van der Waals surface area contributed by atoms with Crippen LogP contribution in [0.2, 0.25) is 0 Å². The van der Waals surface area contributed by atoms with E-state index in [0.29, 0.717) is 28.9 Å². The van der Waals surface area contributed by atoms with Gasteiger partial charge in [-0.2, -0.15) is 0 Å². The minimum Gasteiger partial charge on any atom is -0.493 e. The molecule has 0 spiro atoms. The zero-order valence-corrected chi connectivity index (χ0v) is 17.6. The van der Waals surface area contributed by atoms with Crippen LogP contribution in [0.4, 0.5) is 0 Å². The van der Waals surface area contributed by atoms with Gasteiger partial charge in [0.1, 0.15) is 0 Å². The lowest BCUT2D eigenvalue weighted by molar-refractivity contribution is -0.120. The molecule has 5 N–H and O–H groups in total. The molecule has 2 saturated carbocycles. The normalized spacial score (nSPS) is 25.3. The summed E-state index contributed by atoms with van der Waals surface area (Å²) in [4.78, 5) is 24.0. The summed E-state index contributed by atoms with van der Waals surface area (Å²) in [5.41, 5.74) is 11.7. The molecule has 162 valence electrons. The van der Waals surface area contributed by atoms with Crippen LogP contribution in [0.1, 0.15) is 42.5 Å². The van der Waals surface area contributed by atoms with E-state index in [1.165, 1.54) is 20.6 Å². The third-order valence-corrected chi connectivity index (χ3v) is 5.76. The van der Waals surface area contributed by atoms with E-state index >= 15 is 0 Å². The first-order valence-electron chi connectivity index (χ1n) is 9.66. The molecule has 2 atom stereocenters. The van der Waals surface area contributed by atoms with Gasteiger partial charge in [0.15, 0.2) is 18.1 Å². The van der Waals surface area contributed by atoms with Crippen LogP contribution in [0.3, 0.4) is 0 Å². The summed E-state index contributed by atoms with van der Waals surface area (Å²) in [6, 6.07) is 3.53. The lowest BCUT2D eigenvalue weighted by Gasteiger charge is -2.45. The summed E-state index contributed by atoms with van der Waals surface area (Å²) < 4.78 is 16.1. The Kier molecular flexibility index (Phi) is 7.98. The molecule has 0 radical (unpaired) electrons. The van der Waals surface area contributed by atoms with E-state index in [1.54, 1.807) is 12.1 Å². The second-order valence-corrected chi connectivity index (χ2v) is 7.65. The molecule has 1 aromatic rings. The Morgan fingerprint density at radius 2 is 1.66 bits per heavy atom. The monoisotopic (exact) mass is 427 g/mol. The molecule has 2 unspecified atom stereocenters. The van der Waals surface area contributed by atoms with Gasteiger partial charge >= 0.3 is 0 Å². The van der Waals surface area contributed by atoms with Gasteiger partial charge in [-0.3, -0.25) is 9.59 Å². The van der Waals surface area contributed by atoms with Gasteiger partial charge in [-0.25, -0.2) is 0 Å². The topological polar surface area (TPSA) is 126 Å². The second kappa shape index (κ2) is 10.0. The summed E-state index contributed by atoms with van der Waals surface area (Å²) in [6.07, 6.45) is 5.30. The quantitative estimate of drug-likeness (QED) is 0.607. The second-order valence-electron chi connectivity index (χ2n) is 7.65. The number of carbonyl (C=O) groups is 2. The molecule has 2 aliphatic carbocycles. The molecular weight excluding hydrogens is 398 g/mol. The van der Waals surface area contributed by atoms with Gasteiger partial charge < -0.3 is 31.0 Å². The SMILES string of the molecule is COc1cc(C(=O)NC2C3CCCC2CC(N)C3)cc(OC)c1OCC(N)=O.Cl. The van der Waals surface area contributed by atoms with Crippen LogP contribution in [0.5, 0.6) is 17.2 Å². The molecule has 2 bridgehead atoms. The number of ether oxygens (including phenoxy) is 3. The van der Waals surface area contributed by atoms with Crippen molar-refractivity contribution in [1.29, 1.82) is 0 Å². The van der Waals surface area contributed by atoms with Crippen LogP contribution < -0.4 is 31.0 Å². The number of hydrogen-bond acceptors (Lipinski definition) is 6. The Bertz CT molecular complexity index is 706. The first kappa shape index (κ1) is 23.1. The molecule has 3 rings (SSSR count).